The van der Waals surface area contributed by atoms with Gasteiger partial charge in [0.25, 0.3) is 0 Å². The molecule has 0 bridgehead atoms. The van der Waals surface area contributed by atoms with Crippen LogP contribution in [0.2, 0.25) is 0 Å². The molecule has 0 aliphatic rings. The molecule has 0 unspecified atom stereocenters. The molecule has 0 spiro atoms. The smallest absolute Gasteiger partial charge is 0.0472 e. The van der Waals surface area contributed by atoms with Gasteiger partial charge in [-0.15, -0.1) is 0 Å². The number of rotatable bonds is 3. The highest BCUT2D eigenvalue weighted by Gasteiger charge is 1.93. The largest absolute Gasteiger partial charge is 0.396 e. The Morgan fingerprint density at radius 3 is 2.73 bits per heavy atom. The van der Waals surface area contributed by atoms with Crippen LogP contribution in [0.3, 0.4) is 0 Å². The van der Waals surface area contributed by atoms with E-state index in [-0.39, 0.29) is 6.61 Å². The Hall–Kier alpha value is -0.890. The molecule has 0 aliphatic carbocycles. The molecule has 0 radical (unpaired) electrons. The van der Waals surface area contributed by atoms with Gasteiger partial charge in [-0.1, -0.05) is 13.0 Å². The van der Waals surface area contributed by atoms with Crippen molar-refractivity contribution in [2.75, 3.05) is 6.61 Å². The summed E-state index contributed by atoms with van der Waals surface area (Å²) in [6.07, 6.45) is 5.38. The van der Waals surface area contributed by atoms with Gasteiger partial charge in [0.1, 0.15) is 0 Å². The molecule has 0 amide bonds. The highest BCUT2D eigenvalue weighted by atomic mass is 16.2. The molecule has 60 valence electrons. The number of aliphatic hydroxyl groups excluding tert-OH is 1. The first-order chi connectivity index (χ1) is 5.36. The van der Waals surface area contributed by atoms with Crippen molar-refractivity contribution in [3.05, 3.63) is 29.6 Å². The van der Waals surface area contributed by atoms with Gasteiger partial charge in [-0.3, -0.25) is 4.98 Å². The summed E-state index contributed by atoms with van der Waals surface area (Å²) >= 11 is 0. The third kappa shape index (κ3) is 2.31. The van der Waals surface area contributed by atoms with Crippen molar-refractivity contribution in [1.29, 1.82) is 0 Å². The van der Waals surface area contributed by atoms with Crippen LogP contribution in [-0.4, -0.2) is 16.7 Å². The SMILES string of the molecule is CCc1cncc(CCO)c1. The van der Waals surface area contributed by atoms with Gasteiger partial charge in [-0.2, -0.15) is 0 Å². The third-order valence-corrected chi connectivity index (χ3v) is 1.66. The highest BCUT2D eigenvalue weighted by molar-refractivity contribution is 5.17. The van der Waals surface area contributed by atoms with Gasteiger partial charge in [-0.25, -0.2) is 0 Å². The standard InChI is InChI=1S/C9H13NO/c1-2-8-5-9(3-4-11)7-10-6-8/h5-7,11H,2-4H2,1H3. The van der Waals surface area contributed by atoms with E-state index >= 15 is 0 Å². The van der Waals surface area contributed by atoms with Crippen molar-refractivity contribution in [3.63, 3.8) is 0 Å². The van der Waals surface area contributed by atoms with Gasteiger partial charge in [0.15, 0.2) is 0 Å². The topological polar surface area (TPSA) is 33.1 Å². The zero-order chi connectivity index (χ0) is 8.10. The Labute approximate surface area is 66.9 Å². The van der Waals surface area contributed by atoms with E-state index in [9.17, 15) is 0 Å². The predicted octanol–water partition coefficient (Wildman–Crippen LogP) is 1.18. The van der Waals surface area contributed by atoms with Gasteiger partial charge < -0.3 is 5.11 Å². The normalized spacial score (nSPS) is 10.0. The van der Waals surface area contributed by atoms with E-state index in [2.05, 4.69) is 18.0 Å². The van der Waals surface area contributed by atoms with Crippen LogP contribution in [0.25, 0.3) is 0 Å². The minimum atomic E-state index is 0.203. The van der Waals surface area contributed by atoms with Crippen LogP contribution in [0.5, 0.6) is 0 Å². The Balaban J connectivity index is 2.74. The van der Waals surface area contributed by atoms with Crippen LogP contribution >= 0.6 is 0 Å². The summed E-state index contributed by atoms with van der Waals surface area (Å²) < 4.78 is 0. The summed E-state index contributed by atoms with van der Waals surface area (Å²) in [6.45, 7) is 2.30. The minimum Gasteiger partial charge on any atom is -0.396 e. The first-order valence-electron chi connectivity index (χ1n) is 3.90. The molecule has 0 saturated heterocycles. The van der Waals surface area contributed by atoms with Crippen molar-refractivity contribution in [3.8, 4) is 0 Å². The van der Waals surface area contributed by atoms with Crippen LogP contribution in [0.4, 0.5) is 0 Å². The van der Waals surface area contributed by atoms with Crippen LogP contribution < -0.4 is 0 Å². The van der Waals surface area contributed by atoms with Gasteiger partial charge >= 0.3 is 0 Å². The fourth-order valence-corrected chi connectivity index (χ4v) is 1.00. The lowest BCUT2D eigenvalue weighted by molar-refractivity contribution is 0.299. The second-order valence-corrected chi connectivity index (χ2v) is 2.53. The lowest BCUT2D eigenvalue weighted by atomic mass is 10.1. The van der Waals surface area contributed by atoms with Crippen molar-refractivity contribution in [1.82, 2.24) is 4.98 Å². The molecule has 1 heterocycles. The van der Waals surface area contributed by atoms with E-state index in [4.69, 9.17) is 5.11 Å². The Bertz CT molecular complexity index is 223. The van der Waals surface area contributed by atoms with Crippen LogP contribution in [0, 0.1) is 0 Å². The van der Waals surface area contributed by atoms with Crippen molar-refractivity contribution >= 4 is 0 Å². The molecule has 1 rings (SSSR count). The maximum Gasteiger partial charge on any atom is 0.0472 e. The van der Waals surface area contributed by atoms with Crippen LogP contribution in [-0.2, 0) is 12.8 Å². The molecule has 1 N–H and O–H groups in total. The van der Waals surface area contributed by atoms with Gasteiger partial charge in [0.2, 0.25) is 0 Å². The Morgan fingerprint density at radius 2 is 2.09 bits per heavy atom. The fraction of sp³-hybridized carbons (Fsp3) is 0.444. The summed E-state index contributed by atoms with van der Waals surface area (Å²) in [5.74, 6) is 0. The zero-order valence-corrected chi connectivity index (χ0v) is 6.75. The van der Waals surface area contributed by atoms with Crippen molar-refractivity contribution in [2.24, 2.45) is 0 Å². The quantitative estimate of drug-likeness (QED) is 0.703. The van der Waals surface area contributed by atoms with Crippen LogP contribution in [0.15, 0.2) is 18.5 Å². The molecule has 0 aliphatic heterocycles. The molecule has 1 aromatic rings. The molecule has 2 nitrogen and oxygen atoms in total. The second-order valence-electron chi connectivity index (χ2n) is 2.53. The minimum absolute atomic E-state index is 0.203. The van der Waals surface area contributed by atoms with Gasteiger partial charge in [0.05, 0.1) is 0 Å². The molecule has 2 heteroatoms. The Kier molecular flexibility index (Phi) is 3.05. The number of pyridine rings is 1. The highest BCUT2D eigenvalue weighted by Crippen LogP contribution is 2.03. The molecular weight excluding hydrogens is 138 g/mol. The summed E-state index contributed by atoms with van der Waals surface area (Å²) in [7, 11) is 0. The average Bonchev–Trinajstić information content (AvgIpc) is 2.06. The summed E-state index contributed by atoms with van der Waals surface area (Å²) in [4.78, 5) is 4.06. The van der Waals surface area contributed by atoms with E-state index in [0.29, 0.717) is 6.42 Å². The van der Waals surface area contributed by atoms with Gasteiger partial charge in [-0.05, 0) is 24.0 Å². The lowest BCUT2D eigenvalue weighted by Gasteiger charge is -1.99. The number of hydrogen-bond acceptors (Lipinski definition) is 2. The molecule has 1 aromatic heterocycles. The number of nitrogens with zero attached hydrogens (tertiary/aromatic N) is 1. The van der Waals surface area contributed by atoms with E-state index < -0.39 is 0 Å². The molecule has 0 aromatic carbocycles. The average molecular weight is 151 g/mol. The molecule has 0 saturated carbocycles. The third-order valence-electron chi connectivity index (χ3n) is 1.66. The summed E-state index contributed by atoms with van der Waals surface area (Å²) in [5.41, 5.74) is 2.35. The maximum absolute atomic E-state index is 8.66. The summed E-state index contributed by atoms with van der Waals surface area (Å²) in [5, 5.41) is 8.66. The summed E-state index contributed by atoms with van der Waals surface area (Å²) in [6, 6.07) is 2.09. The lowest BCUT2D eigenvalue weighted by Crippen LogP contribution is -1.93. The predicted molar refractivity (Wildman–Crippen MR) is 44.4 cm³/mol. The number of aromatic nitrogens is 1. The first-order valence-corrected chi connectivity index (χ1v) is 3.90. The van der Waals surface area contributed by atoms with Gasteiger partial charge in [0, 0.05) is 19.0 Å². The van der Waals surface area contributed by atoms with E-state index in [1.165, 1.54) is 5.56 Å². The molecular formula is C9H13NO. The number of hydrogen-bond donors (Lipinski definition) is 1. The van der Waals surface area contributed by atoms with E-state index in [1.54, 1.807) is 6.20 Å². The number of aryl methyl sites for hydroxylation is 1. The Morgan fingerprint density at radius 1 is 1.36 bits per heavy atom. The van der Waals surface area contributed by atoms with Crippen molar-refractivity contribution in [2.45, 2.75) is 19.8 Å². The van der Waals surface area contributed by atoms with E-state index in [1.807, 2.05) is 6.20 Å². The first kappa shape index (κ1) is 8.21. The molecule has 0 atom stereocenters. The second kappa shape index (κ2) is 4.09. The fourth-order valence-electron chi connectivity index (χ4n) is 1.00. The molecule has 0 fully saturated rings. The van der Waals surface area contributed by atoms with E-state index in [0.717, 1.165) is 12.0 Å². The number of aliphatic hydroxyl groups is 1. The zero-order valence-electron chi connectivity index (χ0n) is 6.75. The molecule has 11 heavy (non-hydrogen) atoms. The monoisotopic (exact) mass is 151 g/mol. The van der Waals surface area contributed by atoms with Crippen molar-refractivity contribution < 1.29 is 5.11 Å². The van der Waals surface area contributed by atoms with Crippen LogP contribution in [0.1, 0.15) is 18.1 Å². The maximum atomic E-state index is 8.66.